The summed E-state index contributed by atoms with van der Waals surface area (Å²) >= 11 is 0. The zero-order chi connectivity index (χ0) is 16.8. The van der Waals surface area contributed by atoms with Gasteiger partial charge in [0.1, 0.15) is 5.60 Å². The van der Waals surface area contributed by atoms with E-state index < -0.39 is 5.60 Å². The lowest BCUT2D eigenvalue weighted by molar-refractivity contribution is 0.0282. The van der Waals surface area contributed by atoms with E-state index in [1.54, 1.807) is 0 Å². The fraction of sp³-hybridized carbons (Fsp3) is 0.667. The lowest BCUT2D eigenvalue weighted by atomic mass is 10.0. The van der Waals surface area contributed by atoms with Crippen LogP contribution in [0.15, 0.2) is 12.1 Å². The van der Waals surface area contributed by atoms with E-state index in [1.807, 2.05) is 39.5 Å². The number of carbonyl (C=O) groups is 1. The molecule has 0 N–H and O–H groups in total. The minimum absolute atomic E-state index is 0.172. The van der Waals surface area contributed by atoms with Gasteiger partial charge in [0, 0.05) is 55.1 Å². The Morgan fingerprint density at radius 3 is 2.09 bits per heavy atom. The Kier molecular flexibility index (Phi) is 3.98. The highest BCUT2D eigenvalue weighted by Gasteiger charge is 2.42. The molecule has 2 unspecified atom stereocenters. The summed E-state index contributed by atoms with van der Waals surface area (Å²) in [6, 6.07) is 4.30. The molecule has 3 heterocycles. The van der Waals surface area contributed by atoms with E-state index in [0.29, 0.717) is 11.8 Å². The molecule has 3 rings (SSSR count). The summed E-state index contributed by atoms with van der Waals surface area (Å²) in [5, 5.41) is 0. The van der Waals surface area contributed by atoms with Crippen LogP contribution in [0.3, 0.4) is 0 Å². The largest absolute Gasteiger partial charge is 0.444 e. The molecule has 1 amide bonds. The molecule has 0 aliphatic carbocycles. The van der Waals surface area contributed by atoms with E-state index in [0.717, 1.165) is 37.6 Å². The van der Waals surface area contributed by atoms with Crippen LogP contribution in [0, 0.1) is 25.7 Å². The van der Waals surface area contributed by atoms with Gasteiger partial charge in [-0.1, -0.05) is 0 Å². The SMILES string of the molecule is Cc1cc(N2CC3CN(C(=O)OC(C)(C)C)CC3C2)cc(C)n1. The highest BCUT2D eigenvalue weighted by Crippen LogP contribution is 2.34. The van der Waals surface area contributed by atoms with Crippen molar-refractivity contribution >= 4 is 11.8 Å². The number of fused-ring (bicyclic) bond motifs is 1. The number of anilines is 1. The van der Waals surface area contributed by atoms with Gasteiger partial charge < -0.3 is 14.5 Å². The molecule has 0 radical (unpaired) electrons. The molecule has 5 nitrogen and oxygen atoms in total. The molecule has 1 aromatic heterocycles. The van der Waals surface area contributed by atoms with Crippen molar-refractivity contribution in [1.29, 1.82) is 0 Å². The zero-order valence-electron chi connectivity index (χ0n) is 14.8. The summed E-state index contributed by atoms with van der Waals surface area (Å²) in [5.74, 6) is 1.08. The molecule has 2 fully saturated rings. The molecule has 2 atom stereocenters. The van der Waals surface area contributed by atoms with Crippen LogP contribution < -0.4 is 4.90 Å². The number of aromatic nitrogens is 1. The third kappa shape index (κ3) is 3.59. The number of likely N-dealkylation sites (tertiary alicyclic amines) is 1. The quantitative estimate of drug-likeness (QED) is 0.799. The number of carbonyl (C=O) groups excluding carboxylic acids is 1. The fourth-order valence-corrected chi connectivity index (χ4v) is 3.67. The van der Waals surface area contributed by atoms with Gasteiger partial charge in [-0.05, 0) is 46.8 Å². The molecule has 0 spiro atoms. The molecule has 0 bridgehead atoms. The van der Waals surface area contributed by atoms with Gasteiger partial charge in [0.05, 0.1) is 0 Å². The van der Waals surface area contributed by atoms with Crippen LogP contribution in [0.5, 0.6) is 0 Å². The smallest absolute Gasteiger partial charge is 0.410 e. The number of hydrogen-bond donors (Lipinski definition) is 0. The molecule has 2 saturated heterocycles. The van der Waals surface area contributed by atoms with Crippen molar-refractivity contribution in [2.75, 3.05) is 31.1 Å². The Balaban J connectivity index is 1.62. The molecule has 126 valence electrons. The van der Waals surface area contributed by atoms with Crippen LogP contribution >= 0.6 is 0 Å². The van der Waals surface area contributed by atoms with Gasteiger partial charge in [-0.2, -0.15) is 0 Å². The zero-order valence-corrected chi connectivity index (χ0v) is 14.8. The maximum Gasteiger partial charge on any atom is 0.410 e. The Labute approximate surface area is 138 Å². The maximum absolute atomic E-state index is 12.2. The predicted octanol–water partition coefficient (Wildman–Crippen LogP) is 3.00. The number of amides is 1. The summed E-state index contributed by atoms with van der Waals surface area (Å²) in [6.45, 7) is 13.4. The van der Waals surface area contributed by atoms with Crippen molar-refractivity contribution in [3.8, 4) is 0 Å². The molecule has 2 aliphatic heterocycles. The number of hydrogen-bond acceptors (Lipinski definition) is 4. The summed E-state index contributed by atoms with van der Waals surface area (Å²) in [6.07, 6.45) is -0.172. The normalized spacial score (nSPS) is 24.0. The monoisotopic (exact) mass is 317 g/mol. The predicted molar refractivity (Wildman–Crippen MR) is 90.7 cm³/mol. The molecular formula is C18H27N3O2. The van der Waals surface area contributed by atoms with Crippen LogP contribution in [0.1, 0.15) is 32.2 Å². The van der Waals surface area contributed by atoms with E-state index >= 15 is 0 Å². The van der Waals surface area contributed by atoms with Crippen LogP contribution in [-0.2, 0) is 4.74 Å². The van der Waals surface area contributed by atoms with Crippen molar-refractivity contribution in [3.63, 3.8) is 0 Å². The van der Waals surface area contributed by atoms with Gasteiger partial charge >= 0.3 is 6.09 Å². The van der Waals surface area contributed by atoms with Gasteiger partial charge in [-0.25, -0.2) is 4.79 Å². The third-order valence-corrected chi connectivity index (χ3v) is 4.57. The maximum atomic E-state index is 12.2. The summed E-state index contributed by atoms with van der Waals surface area (Å²) < 4.78 is 5.49. The Hall–Kier alpha value is -1.78. The first-order chi connectivity index (χ1) is 10.7. The number of rotatable bonds is 1. The second-order valence-electron chi connectivity index (χ2n) is 7.92. The topological polar surface area (TPSA) is 45.7 Å². The van der Waals surface area contributed by atoms with Gasteiger partial charge in [0.15, 0.2) is 0 Å². The molecular weight excluding hydrogens is 290 g/mol. The van der Waals surface area contributed by atoms with Crippen LogP contribution in [-0.4, -0.2) is 47.8 Å². The number of pyridine rings is 1. The standard InChI is InChI=1S/C18H27N3O2/c1-12-6-16(7-13(2)19-12)20-8-14-10-21(11-15(14)9-20)17(22)23-18(3,4)5/h6-7,14-15H,8-11H2,1-5H3. The second-order valence-corrected chi connectivity index (χ2v) is 7.92. The van der Waals surface area contributed by atoms with Crippen molar-refractivity contribution in [2.24, 2.45) is 11.8 Å². The van der Waals surface area contributed by atoms with Crippen LogP contribution in [0.2, 0.25) is 0 Å². The highest BCUT2D eigenvalue weighted by atomic mass is 16.6. The first-order valence-electron chi connectivity index (χ1n) is 8.39. The fourth-order valence-electron chi connectivity index (χ4n) is 3.67. The van der Waals surface area contributed by atoms with E-state index in [9.17, 15) is 4.79 Å². The summed E-state index contributed by atoms with van der Waals surface area (Å²) in [7, 11) is 0. The Morgan fingerprint density at radius 1 is 1.09 bits per heavy atom. The van der Waals surface area contributed by atoms with Crippen molar-refractivity contribution in [1.82, 2.24) is 9.88 Å². The highest BCUT2D eigenvalue weighted by molar-refractivity contribution is 5.68. The minimum atomic E-state index is -0.424. The van der Waals surface area contributed by atoms with Crippen molar-refractivity contribution in [2.45, 2.75) is 40.2 Å². The Bertz CT molecular complexity index is 575. The van der Waals surface area contributed by atoms with E-state index in [1.165, 1.54) is 5.69 Å². The minimum Gasteiger partial charge on any atom is -0.444 e. The lowest BCUT2D eigenvalue weighted by Crippen LogP contribution is -2.37. The second kappa shape index (κ2) is 5.69. The molecule has 0 aromatic carbocycles. The third-order valence-electron chi connectivity index (χ3n) is 4.57. The average molecular weight is 317 g/mol. The van der Waals surface area contributed by atoms with Crippen LogP contribution in [0.25, 0.3) is 0 Å². The Morgan fingerprint density at radius 2 is 1.61 bits per heavy atom. The number of ether oxygens (including phenoxy) is 1. The number of nitrogens with zero attached hydrogens (tertiary/aromatic N) is 3. The first-order valence-corrected chi connectivity index (χ1v) is 8.39. The van der Waals surface area contributed by atoms with Crippen molar-refractivity contribution in [3.05, 3.63) is 23.5 Å². The lowest BCUT2D eigenvalue weighted by Gasteiger charge is -2.26. The van der Waals surface area contributed by atoms with E-state index in [2.05, 4.69) is 22.0 Å². The molecule has 0 saturated carbocycles. The number of aryl methyl sites for hydroxylation is 2. The molecule has 5 heteroatoms. The van der Waals surface area contributed by atoms with Gasteiger partial charge in [0.2, 0.25) is 0 Å². The van der Waals surface area contributed by atoms with Gasteiger partial charge in [-0.15, -0.1) is 0 Å². The summed E-state index contributed by atoms with van der Waals surface area (Å²) in [4.78, 5) is 21.0. The van der Waals surface area contributed by atoms with Gasteiger partial charge in [0.25, 0.3) is 0 Å². The molecule has 1 aromatic rings. The molecule has 23 heavy (non-hydrogen) atoms. The van der Waals surface area contributed by atoms with E-state index in [4.69, 9.17) is 4.74 Å². The van der Waals surface area contributed by atoms with Crippen molar-refractivity contribution < 1.29 is 9.53 Å². The average Bonchev–Trinajstić information content (AvgIpc) is 2.92. The van der Waals surface area contributed by atoms with Gasteiger partial charge in [-0.3, -0.25) is 4.98 Å². The van der Waals surface area contributed by atoms with Crippen LogP contribution in [0.4, 0.5) is 10.5 Å². The first kappa shape index (κ1) is 16.1. The van der Waals surface area contributed by atoms with E-state index in [-0.39, 0.29) is 6.09 Å². The summed E-state index contributed by atoms with van der Waals surface area (Å²) in [5.41, 5.74) is 2.96. The molecule has 2 aliphatic rings.